The van der Waals surface area contributed by atoms with E-state index in [-0.39, 0.29) is 17.8 Å². The number of nitrogens with zero attached hydrogens (tertiary/aromatic N) is 3. The van der Waals surface area contributed by atoms with Crippen molar-refractivity contribution in [2.75, 3.05) is 10.6 Å². The number of benzene rings is 1. The van der Waals surface area contributed by atoms with Crippen molar-refractivity contribution in [3.8, 4) is 0 Å². The molecule has 8 heteroatoms. The predicted molar refractivity (Wildman–Crippen MR) is 78.1 cm³/mol. The number of aromatic nitrogens is 3. The van der Waals surface area contributed by atoms with Gasteiger partial charge in [0.1, 0.15) is 6.33 Å². The van der Waals surface area contributed by atoms with Crippen molar-refractivity contribution in [3.05, 3.63) is 36.2 Å². The maximum Gasteiger partial charge on any atom is 0.265 e. The lowest BCUT2D eigenvalue weighted by Gasteiger charge is -2.27. The number of carbonyl (C=O) groups excluding carboxylic acids is 2. The number of nitrogens with one attached hydrogen (secondary N) is 2. The minimum atomic E-state index is -1.06. The van der Waals surface area contributed by atoms with Crippen molar-refractivity contribution in [1.29, 1.82) is 0 Å². The molecule has 2 atom stereocenters. The molecule has 2 N–H and O–H groups in total. The van der Waals surface area contributed by atoms with E-state index in [1.807, 2.05) is 24.3 Å². The minimum Gasteiger partial charge on any atom is -0.328 e. The molecule has 1 amide bonds. The van der Waals surface area contributed by atoms with Gasteiger partial charge in [0.2, 0.25) is 5.95 Å². The second-order valence-corrected chi connectivity index (χ2v) is 6.45. The average molecular weight is 301 g/mol. The number of amides is 1. The summed E-state index contributed by atoms with van der Waals surface area (Å²) in [5, 5.41) is 9.45. The Labute approximate surface area is 124 Å². The van der Waals surface area contributed by atoms with Crippen LogP contribution in [0.15, 0.2) is 30.6 Å². The Morgan fingerprint density at radius 3 is 3.00 bits per heavy atom. The molecule has 3 heterocycles. The van der Waals surface area contributed by atoms with Gasteiger partial charge in [-0.3, -0.25) is 9.59 Å². The number of anilines is 2. The third-order valence-corrected chi connectivity index (χ3v) is 5.04. The molecule has 0 bridgehead atoms. The molecule has 0 saturated heterocycles. The summed E-state index contributed by atoms with van der Waals surface area (Å²) in [6, 6.07) is 7.44. The zero-order chi connectivity index (χ0) is 14.6. The van der Waals surface area contributed by atoms with E-state index in [2.05, 4.69) is 20.7 Å². The van der Waals surface area contributed by atoms with E-state index in [4.69, 9.17) is 0 Å². The second-order valence-electron chi connectivity index (χ2n) is 4.90. The first kappa shape index (κ1) is 12.4. The molecule has 0 radical (unpaired) electrons. The highest BCUT2D eigenvalue weighted by molar-refractivity contribution is 8.02. The maximum absolute atomic E-state index is 12.6. The van der Waals surface area contributed by atoms with Crippen LogP contribution < -0.4 is 10.6 Å². The van der Waals surface area contributed by atoms with Crippen molar-refractivity contribution in [1.82, 2.24) is 14.8 Å². The van der Waals surface area contributed by atoms with Gasteiger partial charge in [-0.15, -0.1) is 11.8 Å². The standard InChI is InChI=1S/C13H11N5O2S/c1-7-10(19)18-12(14-6-15-18)17-13(21-7)8-4-2-3-5-9(8)16-11(13)20/h2-7H,1H3,(H,16,20)(H,14,15,17)/t7-,13+/m1/s1. The molecule has 21 heavy (non-hydrogen) atoms. The number of carbonyl (C=O) groups is 2. The lowest BCUT2D eigenvalue weighted by Crippen LogP contribution is -2.40. The van der Waals surface area contributed by atoms with E-state index in [9.17, 15) is 9.59 Å². The van der Waals surface area contributed by atoms with Crippen molar-refractivity contribution in [2.45, 2.75) is 17.0 Å². The fraction of sp³-hybridized carbons (Fsp3) is 0.231. The fourth-order valence-electron chi connectivity index (χ4n) is 2.64. The largest absolute Gasteiger partial charge is 0.328 e. The number of rotatable bonds is 0. The number of hydrogen-bond acceptors (Lipinski definition) is 6. The lowest BCUT2D eigenvalue weighted by molar-refractivity contribution is -0.117. The van der Waals surface area contributed by atoms with Crippen LogP contribution in [-0.2, 0) is 9.67 Å². The molecule has 0 aliphatic carbocycles. The normalized spacial score (nSPS) is 26.8. The van der Waals surface area contributed by atoms with Crippen LogP contribution >= 0.6 is 11.8 Å². The lowest BCUT2D eigenvalue weighted by atomic mass is 10.1. The molecule has 2 aliphatic heterocycles. The molecule has 0 saturated carbocycles. The summed E-state index contributed by atoms with van der Waals surface area (Å²) in [4.78, 5) is 27.9. The Morgan fingerprint density at radius 2 is 2.14 bits per heavy atom. The Kier molecular flexibility index (Phi) is 2.41. The molecule has 2 aliphatic rings. The van der Waals surface area contributed by atoms with Crippen LogP contribution in [0.2, 0.25) is 0 Å². The van der Waals surface area contributed by atoms with Gasteiger partial charge in [-0.1, -0.05) is 18.2 Å². The van der Waals surface area contributed by atoms with Gasteiger partial charge in [0.05, 0.1) is 5.25 Å². The van der Waals surface area contributed by atoms with E-state index < -0.39 is 10.1 Å². The fourth-order valence-corrected chi connectivity index (χ4v) is 3.98. The maximum atomic E-state index is 12.6. The summed E-state index contributed by atoms with van der Waals surface area (Å²) in [5.41, 5.74) is 1.55. The zero-order valence-electron chi connectivity index (χ0n) is 11.0. The van der Waals surface area contributed by atoms with Gasteiger partial charge < -0.3 is 10.6 Å². The molecular formula is C13H11N5O2S. The van der Waals surface area contributed by atoms with E-state index >= 15 is 0 Å². The average Bonchev–Trinajstić information content (AvgIpc) is 3.00. The first-order valence-electron chi connectivity index (χ1n) is 6.43. The van der Waals surface area contributed by atoms with Gasteiger partial charge in [0, 0.05) is 11.3 Å². The van der Waals surface area contributed by atoms with E-state index in [1.165, 1.54) is 22.8 Å². The SMILES string of the molecule is C[C@H]1S[C@]2(Nc3ncnn3C1=O)C(=O)Nc1ccccc12. The smallest absolute Gasteiger partial charge is 0.265 e. The molecule has 4 rings (SSSR count). The Hall–Kier alpha value is -2.35. The van der Waals surface area contributed by atoms with Crippen LogP contribution in [-0.4, -0.2) is 31.8 Å². The molecule has 1 aromatic carbocycles. The summed E-state index contributed by atoms with van der Waals surface area (Å²) in [6.45, 7) is 1.77. The van der Waals surface area contributed by atoms with Gasteiger partial charge >= 0.3 is 0 Å². The summed E-state index contributed by atoms with van der Waals surface area (Å²) in [6.07, 6.45) is 1.30. The topological polar surface area (TPSA) is 88.9 Å². The third-order valence-electron chi connectivity index (χ3n) is 3.62. The number of para-hydroxylation sites is 1. The summed E-state index contributed by atoms with van der Waals surface area (Å²) in [7, 11) is 0. The quantitative estimate of drug-likeness (QED) is 0.762. The van der Waals surface area contributed by atoms with Crippen LogP contribution in [0.4, 0.5) is 11.6 Å². The minimum absolute atomic E-state index is 0.200. The summed E-state index contributed by atoms with van der Waals surface area (Å²) < 4.78 is 1.21. The molecule has 106 valence electrons. The molecule has 7 nitrogen and oxygen atoms in total. The first-order valence-corrected chi connectivity index (χ1v) is 7.31. The first-order chi connectivity index (χ1) is 10.1. The Balaban J connectivity index is 1.93. The van der Waals surface area contributed by atoms with Gasteiger partial charge in [0.25, 0.3) is 11.8 Å². The third kappa shape index (κ3) is 1.56. The van der Waals surface area contributed by atoms with Gasteiger partial charge in [-0.2, -0.15) is 14.8 Å². The summed E-state index contributed by atoms with van der Waals surface area (Å²) in [5.74, 6) is -0.123. The molecule has 0 unspecified atom stereocenters. The van der Waals surface area contributed by atoms with Crippen LogP contribution in [0.1, 0.15) is 17.3 Å². The van der Waals surface area contributed by atoms with Gasteiger partial charge in [-0.25, -0.2) is 0 Å². The van der Waals surface area contributed by atoms with Crippen LogP contribution in [0.5, 0.6) is 0 Å². The van der Waals surface area contributed by atoms with E-state index in [1.54, 1.807) is 6.92 Å². The highest BCUT2D eigenvalue weighted by atomic mass is 32.2. The van der Waals surface area contributed by atoms with Crippen LogP contribution in [0.3, 0.4) is 0 Å². The molecule has 0 fully saturated rings. The molecular weight excluding hydrogens is 290 g/mol. The predicted octanol–water partition coefficient (Wildman–Crippen LogP) is 1.27. The molecule has 1 spiro atoms. The molecule has 2 aromatic rings. The van der Waals surface area contributed by atoms with Gasteiger partial charge in [-0.05, 0) is 13.0 Å². The summed E-state index contributed by atoms with van der Waals surface area (Å²) >= 11 is 1.26. The monoisotopic (exact) mass is 301 g/mol. The van der Waals surface area contributed by atoms with Gasteiger partial charge in [0.15, 0.2) is 4.87 Å². The van der Waals surface area contributed by atoms with Crippen LogP contribution in [0.25, 0.3) is 0 Å². The molecule has 1 aromatic heterocycles. The van der Waals surface area contributed by atoms with E-state index in [0.717, 1.165) is 11.3 Å². The second kappa shape index (κ2) is 4.08. The van der Waals surface area contributed by atoms with E-state index in [0.29, 0.717) is 0 Å². The van der Waals surface area contributed by atoms with Crippen molar-refractivity contribution in [3.63, 3.8) is 0 Å². The Bertz CT molecular complexity index is 773. The van der Waals surface area contributed by atoms with Crippen molar-refractivity contribution < 1.29 is 9.59 Å². The number of thioether (sulfide) groups is 1. The number of fused-ring (bicyclic) bond motifs is 3. The van der Waals surface area contributed by atoms with Crippen LogP contribution in [0, 0.1) is 0 Å². The highest BCUT2D eigenvalue weighted by Crippen LogP contribution is 2.48. The number of hydrogen-bond donors (Lipinski definition) is 2. The van der Waals surface area contributed by atoms with Crippen molar-refractivity contribution >= 4 is 35.2 Å². The Morgan fingerprint density at radius 1 is 1.33 bits per heavy atom. The highest BCUT2D eigenvalue weighted by Gasteiger charge is 2.52. The van der Waals surface area contributed by atoms with Crippen molar-refractivity contribution in [2.24, 2.45) is 0 Å². The zero-order valence-corrected chi connectivity index (χ0v) is 11.8.